The number of aromatic hydroxyl groups is 1. The van der Waals surface area contributed by atoms with E-state index in [2.05, 4.69) is 106 Å². The number of phenolic OH excluding ortho intramolecular Hbond substituents is 1. The molecule has 0 aromatic heterocycles. The van der Waals surface area contributed by atoms with Crippen LogP contribution in [-0.2, 0) is 6.61 Å². The fraction of sp³-hybridized carbons (Fsp3) is 0.0400. The molecule has 0 fully saturated rings. The monoisotopic (exact) mass is 636 g/mol. The van der Waals surface area contributed by atoms with Crippen LogP contribution in [0.15, 0.2) is 99.6 Å². The minimum atomic E-state index is -0.556. The van der Waals surface area contributed by atoms with Gasteiger partial charge in [-0.05, 0) is 140 Å². The standard InChI is InChI=1S/C25H18I2O2S/c26-17-3-11-24-22(13-17)23-14-18(27)4-12-25(23)30(24)21-9-7-20(8-10-21)29-15-16-1-5-19(28)6-2-16/h1-14,28,30H,15H2. The lowest BCUT2D eigenvalue weighted by Gasteiger charge is -2.19. The van der Waals surface area contributed by atoms with E-state index in [9.17, 15) is 5.11 Å². The van der Waals surface area contributed by atoms with Crippen LogP contribution < -0.4 is 4.74 Å². The van der Waals surface area contributed by atoms with Crippen LogP contribution in [-0.4, -0.2) is 5.11 Å². The minimum Gasteiger partial charge on any atom is -0.508 e. The van der Waals surface area contributed by atoms with Gasteiger partial charge in [0.05, 0.1) is 0 Å². The average molecular weight is 636 g/mol. The highest BCUT2D eigenvalue weighted by Gasteiger charge is 2.27. The summed E-state index contributed by atoms with van der Waals surface area (Å²) >= 11 is 4.79. The Morgan fingerprint density at radius 1 is 0.700 bits per heavy atom. The van der Waals surface area contributed by atoms with Crippen LogP contribution in [0.1, 0.15) is 5.56 Å². The second-order valence-electron chi connectivity index (χ2n) is 7.11. The molecule has 0 aliphatic carbocycles. The molecule has 5 rings (SSSR count). The Morgan fingerprint density at radius 2 is 1.27 bits per heavy atom. The highest BCUT2D eigenvalue weighted by Crippen LogP contribution is 2.62. The Kier molecular flexibility index (Phi) is 5.68. The van der Waals surface area contributed by atoms with E-state index in [-0.39, 0.29) is 5.75 Å². The summed E-state index contributed by atoms with van der Waals surface area (Å²) < 4.78 is 8.48. The van der Waals surface area contributed by atoms with Crippen molar-refractivity contribution in [2.45, 2.75) is 21.3 Å². The summed E-state index contributed by atoms with van der Waals surface area (Å²) in [5.74, 6) is 1.12. The highest BCUT2D eigenvalue weighted by atomic mass is 127. The number of fused-ring (bicyclic) bond motifs is 3. The topological polar surface area (TPSA) is 29.5 Å². The second kappa shape index (κ2) is 8.43. The Labute approximate surface area is 205 Å². The molecule has 4 aromatic carbocycles. The normalized spacial score (nSPS) is 13.1. The molecule has 0 bridgehead atoms. The Morgan fingerprint density at radius 3 is 1.83 bits per heavy atom. The molecule has 0 unspecified atom stereocenters. The molecule has 2 nitrogen and oxygen atoms in total. The summed E-state index contributed by atoms with van der Waals surface area (Å²) in [6, 6.07) is 29.3. The van der Waals surface area contributed by atoms with Gasteiger partial charge in [-0.2, -0.15) is 10.9 Å². The van der Waals surface area contributed by atoms with Gasteiger partial charge in [0.1, 0.15) is 18.1 Å². The Bertz CT molecular complexity index is 1170. The van der Waals surface area contributed by atoms with Gasteiger partial charge in [0.2, 0.25) is 0 Å². The van der Waals surface area contributed by atoms with E-state index < -0.39 is 10.9 Å². The lowest BCUT2D eigenvalue weighted by atomic mass is 10.1. The molecule has 5 heteroatoms. The molecule has 1 heterocycles. The van der Waals surface area contributed by atoms with Crippen molar-refractivity contribution in [3.63, 3.8) is 0 Å². The fourth-order valence-electron chi connectivity index (χ4n) is 3.70. The first-order valence-corrected chi connectivity index (χ1v) is 13.0. The molecule has 0 radical (unpaired) electrons. The van der Waals surface area contributed by atoms with Crippen molar-refractivity contribution in [2.75, 3.05) is 0 Å². The van der Waals surface area contributed by atoms with Gasteiger partial charge in [-0.15, -0.1) is 0 Å². The smallest absolute Gasteiger partial charge is 0.119 e. The van der Waals surface area contributed by atoms with Crippen LogP contribution in [0.4, 0.5) is 0 Å². The SMILES string of the molecule is Oc1ccc(COc2ccc([SH]3c4ccc(I)cc4-c4cc(I)ccc43)cc2)cc1. The summed E-state index contributed by atoms with van der Waals surface area (Å²) in [7, 11) is -0.556. The number of hydrogen-bond donors (Lipinski definition) is 2. The van der Waals surface area contributed by atoms with Gasteiger partial charge in [-0.25, -0.2) is 0 Å². The van der Waals surface area contributed by atoms with Gasteiger partial charge in [0, 0.05) is 16.9 Å². The van der Waals surface area contributed by atoms with Crippen molar-refractivity contribution in [2.24, 2.45) is 0 Å². The molecule has 0 atom stereocenters. The molecule has 30 heavy (non-hydrogen) atoms. The maximum absolute atomic E-state index is 9.41. The summed E-state index contributed by atoms with van der Waals surface area (Å²) in [5.41, 5.74) is 3.77. The van der Waals surface area contributed by atoms with E-state index in [0.29, 0.717) is 6.61 Å². The molecule has 150 valence electrons. The Balaban J connectivity index is 1.44. The molecule has 0 saturated carbocycles. The number of halogens is 2. The number of thiol groups is 1. The van der Waals surface area contributed by atoms with E-state index in [1.165, 1.54) is 33.0 Å². The summed E-state index contributed by atoms with van der Waals surface area (Å²) in [4.78, 5) is 4.20. The van der Waals surface area contributed by atoms with Gasteiger partial charge in [0.15, 0.2) is 0 Å². The third-order valence-corrected chi connectivity index (χ3v) is 9.03. The highest BCUT2D eigenvalue weighted by molar-refractivity contribution is 14.1. The third-order valence-electron chi connectivity index (χ3n) is 5.13. The van der Waals surface area contributed by atoms with Crippen molar-refractivity contribution in [1.82, 2.24) is 0 Å². The number of rotatable bonds is 4. The first-order valence-electron chi connectivity index (χ1n) is 9.49. The average Bonchev–Trinajstić information content (AvgIpc) is 3.06. The summed E-state index contributed by atoms with van der Waals surface area (Å²) in [6.45, 7) is 0.483. The lowest BCUT2D eigenvalue weighted by molar-refractivity contribution is 0.306. The van der Waals surface area contributed by atoms with Crippen LogP contribution in [0.5, 0.6) is 11.5 Å². The molecule has 1 N–H and O–H groups in total. The zero-order valence-electron chi connectivity index (χ0n) is 15.8. The van der Waals surface area contributed by atoms with E-state index in [0.717, 1.165) is 11.3 Å². The molecule has 0 spiro atoms. The number of benzene rings is 4. The molecule has 1 aliphatic rings. The zero-order chi connectivity index (χ0) is 20.7. The molecular formula is C25H18I2O2S. The summed E-state index contributed by atoms with van der Waals surface area (Å²) in [5, 5.41) is 9.41. The maximum atomic E-state index is 9.41. The van der Waals surface area contributed by atoms with Crippen LogP contribution in [0, 0.1) is 7.14 Å². The second-order valence-corrected chi connectivity index (χ2v) is 11.7. The fourth-order valence-corrected chi connectivity index (χ4v) is 7.24. The van der Waals surface area contributed by atoms with Gasteiger partial charge in [0.25, 0.3) is 0 Å². The van der Waals surface area contributed by atoms with Gasteiger partial charge >= 0.3 is 0 Å². The number of phenols is 1. The lowest BCUT2D eigenvalue weighted by Crippen LogP contribution is -1.95. The Hall–Kier alpha value is -1.71. The van der Waals surface area contributed by atoms with Crippen LogP contribution >= 0.6 is 56.1 Å². The van der Waals surface area contributed by atoms with Gasteiger partial charge < -0.3 is 9.84 Å². The molecule has 4 aromatic rings. The van der Waals surface area contributed by atoms with E-state index in [1.54, 1.807) is 12.1 Å². The van der Waals surface area contributed by atoms with Crippen LogP contribution in [0.25, 0.3) is 11.1 Å². The third kappa shape index (κ3) is 3.94. The quantitative estimate of drug-likeness (QED) is 0.157. The maximum Gasteiger partial charge on any atom is 0.119 e. The van der Waals surface area contributed by atoms with E-state index in [4.69, 9.17) is 4.74 Å². The number of ether oxygens (including phenoxy) is 1. The molecule has 1 aliphatic heterocycles. The van der Waals surface area contributed by atoms with Gasteiger partial charge in [-0.1, -0.05) is 12.1 Å². The summed E-state index contributed by atoms with van der Waals surface area (Å²) in [6.07, 6.45) is 0. The molecular weight excluding hydrogens is 618 g/mol. The molecule has 0 amide bonds. The predicted molar refractivity (Wildman–Crippen MR) is 140 cm³/mol. The predicted octanol–water partition coefficient (Wildman–Crippen LogP) is 7.64. The van der Waals surface area contributed by atoms with Crippen LogP contribution in [0.2, 0.25) is 0 Å². The number of hydrogen-bond acceptors (Lipinski definition) is 2. The van der Waals surface area contributed by atoms with Crippen molar-refractivity contribution in [3.05, 3.63) is 97.6 Å². The van der Waals surface area contributed by atoms with Crippen molar-refractivity contribution >= 4 is 56.1 Å². The largest absolute Gasteiger partial charge is 0.508 e. The van der Waals surface area contributed by atoms with Crippen LogP contribution in [0.3, 0.4) is 0 Å². The first-order chi connectivity index (χ1) is 14.6. The van der Waals surface area contributed by atoms with Crippen molar-refractivity contribution in [3.8, 4) is 22.6 Å². The van der Waals surface area contributed by atoms with Crippen molar-refractivity contribution < 1.29 is 9.84 Å². The van der Waals surface area contributed by atoms with Gasteiger partial charge in [-0.3, -0.25) is 0 Å². The first kappa shape index (κ1) is 20.2. The van der Waals surface area contributed by atoms with Crippen molar-refractivity contribution in [1.29, 1.82) is 0 Å². The minimum absolute atomic E-state index is 0.270. The van der Waals surface area contributed by atoms with E-state index >= 15 is 0 Å². The zero-order valence-corrected chi connectivity index (χ0v) is 21.1. The van der Waals surface area contributed by atoms with E-state index in [1.807, 2.05) is 12.1 Å². The molecule has 0 saturated heterocycles.